The number of aryl methyl sites for hydroxylation is 1. The fourth-order valence-electron chi connectivity index (χ4n) is 3.23. The van der Waals surface area contributed by atoms with Gasteiger partial charge >= 0.3 is 0 Å². The molecular formula is C25H30N2O2S. The highest BCUT2D eigenvalue weighted by atomic mass is 32.1. The molecule has 0 bridgehead atoms. The van der Waals surface area contributed by atoms with E-state index in [0.717, 1.165) is 22.8 Å². The molecule has 3 aromatic rings. The quantitative estimate of drug-likeness (QED) is 0.472. The monoisotopic (exact) mass is 422 g/mol. The highest BCUT2D eigenvalue weighted by Crippen LogP contribution is 2.27. The first-order valence-electron chi connectivity index (χ1n) is 10.1. The topological polar surface area (TPSA) is 37.6 Å². The highest BCUT2D eigenvalue weighted by Gasteiger charge is 2.17. The van der Waals surface area contributed by atoms with E-state index in [9.17, 15) is 0 Å². The van der Waals surface area contributed by atoms with Crippen molar-refractivity contribution in [2.24, 2.45) is 0 Å². The van der Waals surface area contributed by atoms with Crippen molar-refractivity contribution in [2.45, 2.75) is 46.2 Å². The summed E-state index contributed by atoms with van der Waals surface area (Å²) in [5.41, 5.74) is 4.63. The van der Waals surface area contributed by atoms with Crippen molar-refractivity contribution in [3.63, 3.8) is 0 Å². The highest BCUT2D eigenvalue weighted by molar-refractivity contribution is 7.80. The summed E-state index contributed by atoms with van der Waals surface area (Å²) in [7, 11) is 1.66. The smallest absolute Gasteiger partial charge is 0.174 e. The van der Waals surface area contributed by atoms with Crippen LogP contribution in [0, 0.1) is 6.92 Å². The van der Waals surface area contributed by atoms with Crippen molar-refractivity contribution in [3.05, 3.63) is 83.3 Å². The lowest BCUT2D eigenvalue weighted by molar-refractivity contribution is 0.360. The second-order valence-electron chi connectivity index (χ2n) is 8.52. The lowest BCUT2D eigenvalue weighted by Crippen LogP contribution is -2.33. The molecule has 1 aromatic heterocycles. The molecule has 0 unspecified atom stereocenters. The average Bonchev–Trinajstić information content (AvgIpc) is 3.20. The van der Waals surface area contributed by atoms with Gasteiger partial charge in [-0.2, -0.15) is 0 Å². The molecule has 4 nitrogen and oxygen atoms in total. The summed E-state index contributed by atoms with van der Waals surface area (Å²) < 4.78 is 11.1. The molecule has 0 amide bonds. The molecule has 30 heavy (non-hydrogen) atoms. The van der Waals surface area contributed by atoms with Gasteiger partial charge in [-0.25, -0.2) is 0 Å². The van der Waals surface area contributed by atoms with Crippen LogP contribution in [0.15, 0.2) is 65.3 Å². The van der Waals surface area contributed by atoms with E-state index in [4.69, 9.17) is 21.4 Å². The third-order valence-corrected chi connectivity index (χ3v) is 5.36. The minimum atomic E-state index is 0.130. The average molecular weight is 423 g/mol. The van der Waals surface area contributed by atoms with E-state index >= 15 is 0 Å². The Hall–Kier alpha value is -2.79. The van der Waals surface area contributed by atoms with Gasteiger partial charge < -0.3 is 19.4 Å². The number of methoxy groups -OCH3 is 1. The Morgan fingerprint density at radius 3 is 2.40 bits per heavy atom. The van der Waals surface area contributed by atoms with E-state index in [1.807, 2.05) is 37.3 Å². The normalized spacial score (nSPS) is 11.2. The van der Waals surface area contributed by atoms with E-state index in [1.165, 1.54) is 11.1 Å². The van der Waals surface area contributed by atoms with Crippen molar-refractivity contribution >= 4 is 23.0 Å². The van der Waals surface area contributed by atoms with Crippen LogP contribution in [-0.4, -0.2) is 17.1 Å². The summed E-state index contributed by atoms with van der Waals surface area (Å²) in [6.45, 7) is 9.96. The Morgan fingerprint density at radius 2 is 1.80 bits per heavy atom. The third kappa shape index (κ3) is 5.63. The molecule has 0 saturated heterocycles. The number of benzene rings is 2. The maximum atomic E-state index is 5.78. The molecule has 3 rings (SSSR count). The molecule has 5 heteroatoms. The minimum Gasteiger partial charge on any atom is -0.495 e. The first-order valence-corrected chi connectivity index (χ1v) is 10.5. The van der Waals surface area contributed by atoms with E-state index in [-0.39, 0.29) is 5.41 Å². The van der Waals surface area contributed by atoms with Gasteiger partial charge in [0.05, 0.1) is 25.6 Å². The van der Waals surface area contributed by atoms with Crippen LogP contribution in [0.3, 0.4) is 0 Å². The standard InChI is InChI=1S/C25H30N2O2S/c1-18-8-13-23(28-5)22(15-18)26-24(30)27(17-21-7-6-14-29-21)16-19-9-11-20(12-10-19)25(2,3)4/h6-15H,16-17H2,1-5H3,(H,26,30). The Morgan fingerprint density at radius 1 is 1.07 bits per heavy atom. The molecule has 0 spiro atoms. The molecule has 158 valence electrons. The predicted molar refractivity (Wildman–Crippen MR) is 127 cm³/mol. The van der Waals surface area contributed by atoms with Crippen LogP contribution in [0.4, 0.5) is 5.69 Å². The van der Waals surface area contributed by atoms with Crippen LogP contribution >= 0.6 is 12.2 Å². The minimum absolute atomic E-state index is 0.130. The summed E-state index contributed by atoms with van der Waals surface area (Å²) >= 11 is 5.78. The first kappa shape index (κ1) is 21.9. The Balaban J connectivity index is 1.82. The van der Waals surface area contributed by atoms with Gasteiger partial charge in [0.1, 0.15) is 11.5 Å². The molecule has 0 aliphatic carbocycles. The molecule has 1 heterocycles. The molecule has 2 aromatic carbocycles. The number of furan rings is 1. The molecular weight excluding hydrogens is 392 g/mol. The Bertz CT molecular complexity index is 973. The van der Waals surface area contributed by atoms with E-state index in [0.29, 0.717) is 18.2 Å². The maximum absolute atomic E-state index is 5.78. The maximum Gasteiger partial charge on any atom is 0.174 e. The van der Waals surface area contributed by atoms with Crippen LogP contribution in [0.5, 0.6) is 5.75 Å². The van der Waals surface area contributed by atoms with Gasteiger partial charge in [0, 0.05) is 6.54 Å². The zero-order valence-corrected chi connectivity index (χ0v) is 19.2. The molecule has 0 atom stereocenters. The predicted octanol–water partition coefficient (Wildman–Crippen LogP) is 6.29. The summed E-state index contributed by atoms with van der Waals surface area (Å²) in [5.74, 6) is 1.62. The number of thiocarbonyl (C=S) groups is 1. The molecule has 1 N–H and O–H groups in total. The molecule has 0 aliphatic heterocycles. The number of nitrogens with one attached hydrogen (secondary N) is 1. The largest absolute Gasteiger partial charge is 0.495 e. The summed E-state index contributed by atoms with van der Waals surface area (Å²) in [6.07, 6.45) is 1.69. The second kappa shape index (κ2) is 9.35. The second-order valence-corrected chi connectivity index (χ2v) is 8.90. The number of anilines is 1. The lowest BCUT2D eigenvalue weighted by atomic mass is 9.87. The van der Waals surface area contributed by atoms with Crippen molar-refractivity contribution in [1.82, 2.24) is 4.90 Å². The fourth-order valence-corrected chi connectivity index (χ4v) is 3.47. The molecule has 0 saturated carbocycles. The number of ether oxygens (including phenoxy) is 1. The van der Waals surface area contributed by atoms with Gasteiger partial charge in [-0.05, 0) is 65.5 Å². The molecule has 0 aliphatic rings. The SMILES string of the molecule is COc1ccc(C)cc1NC(=S)N(Cc1ccc(C(C)(C)C)cc1)Cc1ccco1. The van der Waals surface area contributed by atoms with E-state index in [2.05, 4.69) is 55.3 Å². The third-order valence-electron chi connectivity index (χ3n) is 5.00. The first-order chi connectivity index (χ1) is 14.3. The Kier molecular flexibility index (Phi) is 6.83. The van der Waals surface area contributed by atoms with Gasteiger partial charge in [-0.3, -0.25) is 0 Å². The lowest BCUT2D eigenvalue weighted by Gasteiger charge is -2.26. The van der Waals surface area contributed by atoms with Crippen LogP contribution in [0.1, 0.15) is 43.2 Å². The summed E-state index contributed by atoms with van der Waals surface area (Å²) in [4.78, 5) is 2.10. The van der Waals surface area contributed by atoms with Crippen molar-refractivity contribution in [3.8, 4) is 5.75 Å². The van der Waals surface area contributed by atoms with Gasteiger partial charge in [0.15, 0.2) is 5.11 Å². The van der Waals surface area contributed by atoms with Gasteiger partial charge in [-0.1, -0.05) is 51.1 Å². The Labute approximate surface area is 184 Å². The van der Waals surface area contributed by atoms with Crippen LogP contribution in [-0.2, 0) is 18.5 Å². The van der Waals surface area contributed by atoms with Gasteiger partial charge in [0.25, 0.3) is 0 Å². The summed E-state index contributed by atoms with van der Waals surface area (Å²) in [5, 5.41) is 3.98. The summed E-state index contributed by atoms with van der Waals surface area (Å²) in [6, 6.07) is 18.6. The van der Waals surface area contributed by atoms with Crippen LogP contribution in [0.2, 0.25) is 0 Å². The number of hydrogen-bond donors (Lipinski definition) is 1. The number of nitrogens with zero attached hydrogens (tertiary/aromatic N) is 1. The molecule has 0 fully saturated rings. The zero-order chi connectivity index (χ0) is 21.7. The van der Waals surface area contributed by atoms with Gasteiger partial charge in [0.2, 0.25) is 0 Å². The fraction of sp³-hybridized carbons (Fsp3) is 0.320. The van der Waals surface area contributed by atoms with Crippen molar-refractivity contribution in [2.75, 3.05) is 12.4 Å². The number of rotatable bonds is 6. The van der Waals surface area contributed by atoms with Crippen LogP contribution in [0.25, 0.3) is 0 Å². The molecule has 0 radical (unpaired) electrons. The van der Waals surface area contributed by atoms with Crippen molar-refractivity contribution < 1.29 is 9.15 Å². The number of hydrogen-bond acceptors (Lipinski definition) is 3. The van der Waals surface area contributed by atoms with Crippen LogP contribution < -0.4 is 10.1 Å². The zero-order valence-electron chi connectivity index (χ0n) is 18.4. The van der Waals surface area contributed by atoms with Gasteiger partial charge in [-0.15, -0.1) is 0 Å². The van der Waals surface area contributed by atoms with Crippen molar-refractivity contribution in [1.29, 1.82) is 0 Å². The van der Waals surface area contributed by atoms with E-state index in [1.54, 1.807) is 13.4 Å². The van der Waals surface area contributed by atoms with E-state index < -0.39 is 0 Å².